The van der Waals surface area contributed by atoms with Gasteiger partial charge in [-0.1, -0.05) is 60.7 Å². The first kappa shape index (κ1) is 21.9. The summed E-state index contributed by atoms with van der Waals surface area (Å²) in [5.74, 6) is -0.290. The molecule has 0 aliphatic rings. The van der Waals surface area contributed by atoms with Crippen molar-refractivity contribution in [3.05, 3.63) is 90.0 Å². The summed E-state index contributed by atoms with van der Waals surface area (Å²) < 4.78 is 10.4. The highest BCUT2D eigenvalue weighted by molar-refractivity contribution is 6.39. The van der Waals surface area contributed by atoms with E-state index in [0.717, 1.165) is 11.1 Å². The van der Waals surface area contributed by atoms with Crippen LogP contribution in [-0.4, -0.2) is 32.6 Å². The number of hydrogen-bond donors (Lipinski definition) is 2. The van der Waals surface area contributed by atoms with E-state index in [1.54, 1.807) is 18.2 Å². The van der Waals surface area contributed by atoms with Gasteiger partial charge in [0.1, 0.15) is 0 Å². The maximum absolute atomic E-state index is 12.3. The first-order chi connectivity index (χ1) is 15.1. The average molecular weight is 418 g/mol. The lowest BCUT2D eigenvalue weighted by atomic mass is 9.88. The van der Waals surface area contributed by atoms with Crippen molar-refractivity contribution in [2.75, 3.05) is 26.1 Å². The van der Waals surface area contributed by atoms with Crippen LogP contribution in [0.5, 0.6) is 11.5 Å². The molecule has 6 heteroatoms. The minimum absolute atomic E-state index is 0.122. The quantitative estimate of drug-likeness (QED) is 0.543. The van der Waals surface area contributed by atoms with Crippen molar-refractivity contribution >= 4 is 17.5 Å². The van der Waals surface area contributed by atoms with Crippen LogP contribution in [0, 0.1) is 0 Å². The summed E-state index contributed by atoms with van der Waals surface area (Å²) in [5.41, 5.74) is 2.78. The minimum atomic E-state index is -0.733. The number of methoxy groups -OCH3 is 2. The smallest absolute Gasteiger partial charge is 0.313 e. The van der Waals surface area contributed by atoms with Gasteiger partial charge in [0, 0.05) is 24.2 Å². The molecule has 0 bridgehead atoms. The van der Waals surface area contributed by atoms with Gasteiger partial charge < -0.3 is 20.1 Å². The van der Waals surface area contributed by atoms with Crippen LogP contribution in [-0.2, 0) is 9.59 Å². The normalized spacial score (nSPS) is 10.4. The fourth-order valence-corrected chi connectivity index (χ4v) is 3.41. The van der Waals surface area contributed by atoms with Gasteiger partial charge in [-0.2, -0.15) is 0 Å². The second-order valence-electron chi connectivity index (χ2n) is 6.94. The monoisotopic (exact) mass is 418 g/mol. The van der Waals surface area contributed by atoms with Crippen LogP contribution in [0.4, 0.5) is 5.69 Å². The molecule has 0 aliphatic heterocycles. The van der Waals surface area contributed by atoms with E-state index in [1.807, 2.05) is 36.4 Å². The molecule has 3 rings (SSSR count). The van der Waals surface area contributed by atoms with E-state index in [4.69, 9.17) is 9.47 Å². The molecule has 0 unspecified atom stereocenters. The van der Waals surface area contributed by atoms with E-state index in [9.17, 15) is 9.59 Å². The molecule has 0 saturated heterocycles. The SMILES string of the molecule is COc1ccc(NC(=O)C(=O)NCCC(c2ccccc2)c2ccccc2)cc1OC. The van der Waals surface area contributed by atoms with E-state index in [0.29, 0.717) is 30.2 Å². The van der Waals surface area contributed by atoms with Crippen LogP contribution >= 0.6 is 0 Å². The van der Waals surface area contributed by atoms with Gasteiger partial charge in [0.15, 0.2) is 11.5 Å². The van der Waals surface area contributed by atoms with Crippen molar-refractivity contribution in [2.24, 2.45) is 0 Å². The van der Waals surface area contributed by atoms with Crippen molar-refractivity contribution in [3.8, 4) is 11.5 Å². The predicted molar refractivity (Wildman–Crippen MR) is 121 cm³/mol. The molecule has 2 amide bonds. The molecular weight excluding hydrogens is 392 g/mol. The topological polar surface area (TPSA) is 76.7 Å². The van der Waals surface area contributed by atoms with Crippen LogP contribution in [0.1, 0.15) is 23.5 Å². The highest BCUT2D eigenvalue weighted by Crippen LogP contribution is 2.30. The zero-order chi connectivity index (χ0) is 22.1. The summed E-state index contributed by atoms with van der Waals surface area (Å²) in [6.07, 6.45) is 0.670. The molecule has 0 aliphatic carbocycles. The third-order valence-corrected chi connectivity index (χ3v) is 4.97. The molecule has 31 heavy (non-hydrogen) atoms. The Bertz CT molecular complexity index is 967. The lowest BCUT2D eigenvalue weighted by Gasteiger charge is -2.18. The third-order valence-electron chi connectivity index (χ3n) is 4.97. The highest BCUT2D eigenvalue weighted by Gasteiger charge is 2.17. The maximum atomic E-state index is 12.3. The van der Waals surface area contributed by atoms with Gasteiger partial charge in [-0.3, -0.25) is 9.59 Å². The third kappa shape index (κ3) is 5.85. The summed E-state index contributed by atoms with van der Waals surface area (Å²) >= 11 is 0. The standard InChI is InChI=1S/C25H26N2O4/c1-30-22-14-13-20(17-23(22)31-2)27-25(29)24(28)26-16-15-21(18-9-5-3-6-10-18)19-11-7-4-8-12-19/h3-14,17,21H,15-16H2,1-2H3,(H,26,28)(H,27,29). The van der Waals surface area contributed by atoms with E-state index in [-0.39, 0.29) is 5.92 Å². The van der Waals surface area contributed by atoms with Crippen molar-refractivity contribution in [1.82, 2.24) is 5.32 Å². The fraction of sp³-hybridized carbons (Fsp3) is 0.200. The molecule has 0 heterocycles. The van der Waals surface area contributed by atoms with Gasteiger partial charge in [0.05, 0.1) is 14.2 Å². The molecule has 0 aromatic heterocycles. The second-order valence-corrected chi connectivity index (χ2v) is 6.94. The van der Waals surface area contributed by atoms with Gasteiger partial charge in [-0.05, 0) is 29.7 Å². The lowest BCUT2D eigenvalue weighted by Crippen LogP contribution is -2.36. The van der Waals surface area contributed by atoms with Crippen molar-refractivity contribution < 1.29 is 19.1 Å². The largest absolute Gasteiger partial charge is 0.493 e. The lowest BCUT2D eigenvalue weighted by molar-refractivity contribution is -0.136. The Morgan fingerprint density at radius 2 is 1.35 bits per heavy atom. The molecule has 0 radical (unpaired) electrons. The second kappa shape index (κ2) is 10.8. The number of nitrogens with one attached hydrogen (secondary N) is 2. The Morgan fingerprint density at radius 3 is 1.90 bits per heavy atom. The Hall–Kier alpha value is -3.80. The average Bonchev–Trinajstić information content (AvgIpc) is 2.82. The number of carbonyl (C=O) groups excluding carboxylic acids is 2. The summed E-state index contributed by atoms with van der Waals surface area (Å²) in [6, 6.07) is 25.2. The van der Waals surface area contributed by atoms with E-state index >= 15 is 0 Å². The molecular formula is C25H26N2O4. The summed E-state index contributed by atoms with van der Waals surface area (Å²) in [7, 11) is 3.04. The summed E-state index contributed by atoms with van der Waals surface area (Å²) in [5, 5.41) is 5.30. The Kier molecular flexibility index (Phi) is 7.65. The number of amides is 2. The van der Waals surface area contributed by atoms with Crippen LogP contribution in [0.25, 0.3) is 0 Å². The number of hydrogen-bond acceptors (Lipinski definition) is 4. The van der Waals surface area contributed by atoms with Crippen LogP contribution in [0.3, 0.4) is 0 Å². The molecule has 6 nitrogen and oxygen atoms in total. The summed E-state index contributed by atoms with van der Waals surface area (Å²) in [6.45, 7) is 0.368. The molecule has 0 saturated carbocycles. The number of benzene rings is 3. The van der Waals surface area contributed by atoms with Crippen molar-refractivity contribution in [1.29, 1.82) is 0 Å². The van der Waals surface area contributed by atoms with Gasteiger partial charge in [-0.15, -0.1) is 0 Å². The number of rotatable bonds is 8. The molecule has 3 aromatic rings. The number of carbonyl (C=O) groups is 2. The van der Waals surface area contributed by atoms with Gasteiger partial charge in [0.25, 0.3) is 0 Å². The first-order valence-corrected chi connectivity index (χ1v) is 10.0. The number of ether oxygens (including phenoxy) is 2. The van der Waals surface area contributed by atoms with Gasteiger partial charge >= 0.3 is 11.8 Å². The highest BCUT2D eigenvalue weighted by atomic mass is 16.5. The fourth-order valence-electron chi connectivity index (χ4n) is 3.41. The van der Waals surface area contributed by atoms with Gasteiger partial charge in [0.2, 0.25) is 0 Å². The number of anilines is 1. The molecule has 0 atom stereocenters. The van der Waals surface area contributed by atoms with Crippen molar-refractivity contribution in [3.63, 3.8) is 0 Å². The van der Waals surface area contributed by atoms with Crippen molar-refractivity contribution in [2.45, 2.75) is 12.3 Å². The summed E-state index contributed by atoms with van der Waals surface area (Å²) in [4.78, 5) is 24.6. The molecule has 0 fully saturated rings. The van der Waals surface area contributed by atoms with Crippen LogP contribution in [0.15, 0.2) is 78.9 Å². The van der Waals surface area contributed by atoms with E-state index in [2.05, 4.69) is 34.9 Å². The van der Waals surface area contributed by atoms with E-state index in [1.165, 1.54) is 14.2 Å². The Labute approximate surface area is 182 Å². The molecule has 2 N–H and O–H groups in total. The predicted octanol–water partition coefficient (Wildman–Crippen LogP) is 3.98. The zero-order valence-electron chi connectivity index (χ0n) is 17.6. The first-order valence-electron chi connectivity index (χ1n) is 10.0. The zero-order valence-corrected chi connectivity index (χ0v) is 17.6. The van der Waals surface area contributed by atoms with Gasteiger partial charge in [-0.25, -0.2) is 0 Å². The van der Waals surface area contributed by atoms with Crippen LogP contribution in [0.2, 0.25) is 0 Å². The Balaban J connectivity index is 1.59. The Morgan fingerprint density at radius 1 is 0.774 bits per heavy atom. The van der Waals surface area contributed by atoms with Crippen LogP contribution < -0.4 is 20.1 Å². The minimum Gasteiger partial charge on any atom is -0.493 e. The van der Waals surface area contributed by atoms with E-state index < -0.39 is 11.8 Å². The maximum Gasteiger partial charge on any atom is 0.313 e. The molecule has 160 valence electrons. The molecule has 0 spiro atoms. The molecule has 3 aromatic carbocycles.